The molecule has 2 aromatic rings. The fraction of sp³-hybridized carbons (Fsp3) is 0.286. The number of benzene rings is 2. The Labute approximate surface area is 149 Å². The van der Waals surface area contributed by atoms with E-state index < -0.39 is 0 Å². The number of hydrogen-bond donors (Lipinski definition) is 0. The molecule has 0 saturated carbocycles. The maximum absolute atomic E-state index is 12.3. The molecule has 0 radical (unpaired) electrons. The van der Waals surface area contributed by atoms with Crippen LogP contribution in [0, 0.1) is 0 Å². The standard InChI is InChI=1S/C21H25NO3/c1-3-4-5-9-16-22(17-18-12-14-20(24-2)15-13-18)25-21(23)19-10-7-6-8-11-19/h5-15H,3-4,16-17H2,1-2H3/b9-5+. The minimum Gasteiger partial charge on any atom is -0.497 e. The van der Waals surface area contributed by atoms with Crippen molar-refractivity contribution in [1.29, 1.82) is 0 Å². The van der Waals surface area contributed by atoms with E-state index >= 15 is 0 Å². The minimum atomic E-state index is -0.349. The molecule has 0 saturated heterocycles. The number of allylic oxidation sites excluding steroid dienone is 1. The number of hydrogen-bond acceptors (Lipinski definition) is 4. The molecule has 0 N–H and O–H groups in total. The quantitative estimate of drug-likeness (QED) is 0.493. The van der Waals surface area contributed by atoms with Gasteiger partial charge < -0.3 is 9.57 Å². The highest BCUT2D eigenvalue weighted by Crippen LogP contribution is 2.14. The first-order valence-electron chi connectivity index (χ1n) is 8.53. The van der Waals surface area contributed by atoms with E-state index in [-0.39, 0.29) is 5.97 Å². The smallest absolute Gasteiger partial charge is 0.357 e. The molecule has 25 heavy (non-hydrogen) atoms. The molecule has 4 nitrogen and oxygen atoms in total. The Kier molecular flexibility index (Phi) is 7.73. The van der Waals surface area contributed by atoms with Gasteiger partial charge in [-0.15, -0.1) is 5.06 Å². The van der Waals surface area contributed by atoms with E-state index in [1.807, 2.05) is 48.5 Å². The van der Waals surface area contributed by atoms with E-state index in [4.69, 9.17) is 9.57 Å². The van der Waals surface area contributed by atoms with E-state index in [1.165, 1.54) is 0 Å². The third kappa shape index (κ3) is 6.43. The zero-order valence-electron chi connectivity index (χ0n) is 14.9. The second kappa shape index (κ2) is 10.3. The number of nitrogens with zero attached hydrogens (tertiary/aromatic N) is 1. The fourth-order valence-electron chi connectivity index (χ4n) is 2.29. The van der Waals surface area contributed by atoms with Crippen molar-refractivity contribution in [2.45, 2.75) is 26.3 Å². The predicted octanol–water partition coefficient (Wildman–Crippen LogP) is 4.63. The van der Waals surface area contributed by atoms with E-state index in [0.717, 1.165) is 24.2 Å². The van der Waals surface area contributed by atoms with E-state index in [1.54, 1.807) is 24.3 Å². The van der Waals surface area contributed by atoms with Crippen LogP contribution >= 0.6 is 0 Å². The molecule has 0 fully saturated rings. The Hall–Kier alpha value is -2.59. The summed E-state index contributed by atoms with van der Waals surface area (Å²) < 4.78 is 5.18. The van der Waals surface area contributed by atoms with Crippen molar-refractivity contribution in [3.63, 3.8) is 0 Å². The summed E-state index contributed by atoms with van der Waals surface area (Å²) >= 11 is 0. The molecule has 0 spiro atoms. The van der Waals surface area contributed by atoms with Crippen molar-refractivity contribution in [2.75, 3.05) is 13.7 Å². The number of hydroxylamine groups is 2. The molecule has 0 aliphatic rings. The average molecular weight is 339 g/mol. The summed E-state index contributed by atoms with van der Waals surface area (Å²) in [6.45, 7) is 3.19. The zero-order valence-corrected chi connectivity index (χ0v) is 14.9. The molecular weight excluding hydrogens is 314 g/mol. The van der Waals surface area contributed by atoms with E-state index in [0.29, 0.717) is 18.7 Å². The summed E-state index contributed by atoms with van der Waals surface area (Å²) in [6.07, 6.45) is 6.25. The lowest BCUT2D eigenvalue weighted by molar-refractivity contribution is -0.108. The van der Waals surface area contributed by atoms with Gasteiger partial charge in [-0.1, -0.05) is 55.8 Å². The highest BCUT2D eigenvalue weighted by molar-refractivity contribution is 5.89. The average Bonchev–Trinajstić information content (AvgIpc) is 2.66. The summed E-state index contributed by atoms with van der Waals surface area (Å²) in [5.41, 5.74) is 1.59. The second-order valence-corrected chi connectivity index (χ2v) is 5.68. The number of methoxy groups -OCH3 is 1. The summed E-state index contributed by atoms with van der Waals surface area (Å²) in [5, 5.41) is 1.67. The van der Waals surface area contributed by atoms with Crippen LogP contribution in [-0.2, 0) is 11.4 Å². The van der Waals surface area contributed by atoms with Gasteiger partial charge >= 0.3 is 5.97 Å². The predicted molar refractivity (Wildman–Crippen MR) is 99.3 cm³/mol. The highest BCUT2D eigenvalue weighted by atomic mass is 16.7. The third-order valence-electron chi connectivity index (χ3n) is 3.67. The SMILES string of the molecule is CCC/C=C/CN(Cc1ccc(OC)cc1)OC(=O)c1ccccc1. The first kappa shape index (κ1) is 18.7. The van der Waals surface area contributed by atoms with E-state index in [2.05, 4.69) is 13.0 Å². The van der Waals surface area contributed by atoms with Gasteiger partial charge in [0.1, 0.15) is 5.75 Å². The van der Waals surface area contributed by atoms with Crippen LogP contribution in [0.2, 0.25) is 0 Å². The molecule has 0 atom stereocenters. The lowest BCUT2D eigenvalue weighted by Gasteiger charge is -2.20. The molecule has 0 aromatic heterocycles. The van der Waals surface area contributed by atoms with Crippen LogP contribution in [0.1, 0.15) is 35.7 Å². The van der Waals surface area contributed by atoms with Gasteiger partial charge in [0.25, 0.3) is 0 Å². The van der Waals surface area contributed by atoms with Crippen molar-refractivity contribution in [3.05, 3.63) is 77.9 Å². The van der Waals surface area contributed by atoms with Gasteiger partial charge in [-0.25, -0.2) is 4.79 Å². The van der Waals surface area contributed by atoms with Crippen molar-refractivity contribution in [3.8, 4) is 5.75 Å². The summed E-state index contributed by atoms with van der Waals surface area (Å²) in [7, 11) is 1.64. The molecule has 132 valence electrons. The van der Waals surface area contributed by atoms with Crippen LogP contribution in [0.5, 0.6) is 5.75 Å². The minimum absolute atomic E-state index is 0.349. The lowest BCUT2D eigenvalue weighted by Crippen LogP contribution is -2.27. The van der Waals surface area contributed by atoms with Gasteiger partial charge in [-0.2, -0.15) is 0 Å². The summed E-state index contributed by atoms with van der Waals surface area (Å²) in [5.74, 6) is 0.456. The molecule has 0 heterocycles. The van der Waals surface area contributed by atoms with Crippen LogP contribution in [0.15, 0.2) is 66.7 Å². The Bertz CT molecular complexity index is 665. The molecule has 2 rings (SSSR count). The van der Waals surface area contributed by atoms with Crippen molar-refractivity contribution >= 4 is 5.97 Å². The van der Waals surface area contributed by atoms with Gasteiger partial charge in [0.15, 0.2) is 0 Å². The number of rotatable bonds is 9. The second-order valence-electron chi connectivity index (χ2n) is 5.68. The van der Waals surface area contributed by atoms with Crippen LogP contribution in [0.25, 0.3) is 0 Å². The Balaban J connectivity index is 2.04. The van der Waals surface area contributed by atoms with Gasteiger partial charge in [0, 0.05) is 0 Å². The Morgan fingerprint density at radius 1 is 1.04 bits per heavy atom. The molecule has 2 aromatic carbocycles. The molecule has 0 aliphatic carbocycles. The normalized spacial score (nSPS) is 11.0. The van der Waals surface area contributed by atoms with E-state index in [9.17, 15) is 4.79 Å². The lowest BCUT2D eigenvalue weighted by atomic mass is 10.2. The molecule has 0 amide bonds. The first-order chi connectivity index (χ1) is 12.2. The fourth-order valence-corrected chi connectivity index (χ4v) is 2.29. The number of ether oxygens (including phenoxy) is 1. The molecule has 0 aliphatic heterocycles. The maximum atomic E-state index is 12.3. The number of carbonyl (C=O) groups excluding carboxylic acids is 1. The van der Waals surface area contributed by atoms with Gasteiger partial charge in [-0.3, -0.25) is 0 Å². The van der Waals surface area contributed by atoms with Gasteiger partial charge in [0.2, 0.25) is 0 Å². The summed E-state index contributed by atoms with van der Waals surface area (Å²) in [4.78, 5) is 17.9. The number of unbranched alkanes of at least 4 members (excludes halogenated alkanes) is 1. The van der Waals surface area contributed by atoms with Crippen molar-refractivity contribution in [1.82, 2.24) is 5.06 Å². The topological polar surface area (TPSA) is 38.8 Å². The largest absolute Gasteiger partial charge is 0.497 e. The monoisotopic (exact) mass is 339 g/mol. The zero-order chi connectivity index (χ0) is 17.9. The Morgan fingerprint density at radius 3 is 2.40 bits per heavy atom. The maximum Gasteiger partial charge on any atom is 0.357 e. The molecule has 4 heteroatoms. The van der Waals surface area contributed by atoms with Gasteiger partial charge in [0.05, 0.1) is 25.8 Å². The molecular formula is C21H25NO3. The van der Waals surface area contributed by atoms with Crippen LogP contribution in [-0.4, -0.2) is 24.7 Å². The van der Waals surface area contributed by atoms with Crippen LogP contribution in [0.4, 0.5) is 0 Å². The molecule has 0 bridgehead atoms. The Morgan fingerprint density at radius 2 is 1.76 bits per heavy atom. The third-order valence-corrected chi connectivity index (χ3v) is 3.67. The van der Waals surface area contributed by atoms with Crippen molar-refractivity contribution in [2.24, 2.45) is 0 Å². The first-order valence-corrected chi connectivity index (χ1v) is 8.53. The van der Waals surface area contributed by atoms with Crippen LogP contribution < -0.4 is 4.74 Å². The summed E-state index contributed by atoms with van der Waals surface area (Å²) in [6, 6.07) is 16.8. The number of carbonyl (C=O) groups is 1. The molecule has 0 unspecified atom stereocenters. The highest BCUT2D eigenvalue weighted by Gasteiger charge is 2.13. The van der Waals surface area contributed by atoms with Crippen molar-refractivity contribution < 1.29 is 14.4 Å². The van der Waals surface area contributed by atoms with Crippen LogP contribution in [0.3, 0.4) is 0 Å². The van der Waals surface area contributed by atoms with Gasteiger partial charge in [-0.05, 0) is 36.2 Å².